The summed E-state index contributed by atoms with van der Waals surface area (Å²) in [5.74, 6) is 0.635. The maximum atomic E-state index is 5.86. The Kier molecular flexibility index (Phi) is 1.55. The van der Waals surface area contributed by atoms with Gasteiger partial charge in [0.15, 0.2) is 0 Å². The van der Waals surface area contributed by atoms with Gasteiger partial charge in [-0.15, -0.1) is 0 Å². The number of fused-ring (bicyclic) bond motifs is 2. The molecule has 4 atom stereocenters. The minimum Gasteiger partial charge on any atom is -0.378 e. The first-order valence-corrected chi connectivity index (χ1v) is 4.41. The van der Waals surface area contributed by atoms with Crippen molar-refractivity contribution in [2.24, 2.45) is 5.92 Å². The molecule has 3 heteroatoms. The van der Waals surface area contributed by atoms with Crippen molar-refractivity contribution in [3.05, 3.63) is 0 Å². The average Bonchev–Trinajstić information content (AvgIpc) is 2.18. The van der Waals surface area contributed by atoms with Crippen molar-refractivity contribution in [1.82, 2.24) is 0 Å². The van der Waals surface area contributed by atoms with Crippen molar-refractivity contribution < 1.29 is 9.47 Å². The molecule has 62 valence electrons. The van der Waals surface area contributed by atoms with Crippen molar-refractivity contribution in [3.63, 3.8) is 0 Å². The van der Waals surface area contributed by atoms with Crippen LogP contribution in [0.2, 0.25) is 0 Å². The largest absolute Gasteiger partial charge is 0.378 e. The molecule has 2 fully saturated rings. The van der Waals surface area contributed by atoms with Crippen LogP contribution in [0.1, 0.15) is 20.3 Å². The maximum absolute atomic E-state index is 5.86. The monoisotopic (exact) mass is 154 g/mol. The summed E-state index contributed by atoms with van der Waals surface area (Å²) < 4.78 is 11.5. The summed E-state index contributed by atoms with van der Waals surface area (Å²) in [6, 6.07) is 0.393. The Hall–Kier alpha value is -0.0151. The highest BCUT2D eigenvalue weighted by Gasteiger charge is 2.48. The van der Waals surface area contributed by atoms with E-state index < -0.39 is 0 Å². The van der Waals surface area contributed by atoms with E-state index in [1.165, 1.54) is 6.42 Å². The van der Waals surface area contributed by atoms with Crippen LogP contribution < -0.4 is 0 Å². The molecule has 0 radical (unpaired) electrons. The molecule has 2 bridgehead atoms. The predicted octanol–water partition coefficient (Wildman–Crippen LogP) is 0.159. The van der Waals surface area contributed by atoms with Gasteiger partial charge in [0.2, 0.25) is 0 Å². The molecule has 2 aliphatic heterocycles. The van der Waals surface area contributed by atoms with Crippen molar-refractivity contribution in [2.45, 2.75) is 38.0 Å². The molecule has 2 nitrogen and oxygen atoms in total. The first kappa shape index (κ1) is 7.62. The molecule has 0 aliphatic carbocycles. The Morgan fingerprint density at radius 3 is 2.91 bits per heavy atom. The molecule has 0 aromatic carbocycles. The van der Waals surface area contributed by atoms with Crippen molar-refractivity contribution in [2.75, 3.05) is 6.61 Å². The second-order valence-corrected chi connectivity index (χ2v) is 4.08. The van der Waals surface area contributed by atoms with Crippen molar-refractivity contribution in [3.8, 4) is 0 Å². The predicted molar refractivity (Wildman–Crippen MR) is 45.3 cm³/mol. The molecule has 2 aliphatic rings. The zero-order valence-electron chi connectivity index (χ0n) is 7.46. The van der Waals surface area contributed by atoms with Crippen LogP contribution >= 0.6 is 0 Å². The van der Waals surface area contributed by atoms with Crippen molar-refractivity contribution in [1.29, 1.82) is 0 Å². The fourth-order valence-electron chi connectivity index (χ4n) is 2.16. The third-order valence-corrected chi connectivity index (χ3v) is 3.21. The maximum Gasteiger partial charge on any atom is 0.139 e. The van der Waals surface area contributed by atoms with E-state index in [9.17, 15) is 0 Å². The third kappa shape index (κ3) is 1.02. The summed E-state index contributed by atoms with van der Waals surface area (Å²) in [5, 5.41) is 0. The van der Waals surface area contributed by atoms with Crippen LogP contribution in [0, 0.1) is 5.92 Å². The van der Waals surface area contributed by atoms with E-state index in [0.717, 1.165) is 6.61 Å². The lowest BCUT2D eigenvalue weighted by Crippen LogP contribution is -2.42. The van der Waals surface area contributed by atoms with Gasteiger partial charge in [0.05, 0.1) is 18.3 Å². The Morgan fingerprint density at radius 1 is 1.55 bits per heavy atom. The lowest BCUT2D eigenvalue weighted by molar-refractivity contribution is -0.107. The van der Waals surface area contributed by atoms with Gasteiger partial charge in [-0.05, 0) is 20.3 Å². The lowest BCUT2D eigenvalue weighted by Gasteiger charge is -2.34. The molecule has 0 saturated carbocycles. The zero-order valence-corrected chi connectivity index (χ0v) is 7.46. The van der Waals surface area contributed by atoms with E-state index in [2.05, 4.69) is 21.7 Å². The molecule has 2 unspecified atom stereocenters. The van der Waals surface area contributed by atoms with Gasteiger partial charge >= 0.3 is 0 Å². The number of hydrogen-bond acceptors (Lipinski definition) is 2. The van der Waals surface area contributed by atoms with Gasteiger partial charge in [0, 0.05) is 11.9 Å². The van der Waals surface area contributed by atoms with E-state index in [1.807, 2.05) is 0 Å². The summed E-state index contributed by atoms with van der Waals surface area (Å²) in [6.07, 6.45) is 1.44. The fourth-order valence-corrected chi connectivity index (χ4v) is 2.16. The van der Waals surface area contributed by atoms with Gasteiger partial charge in [-0.2, -0.15) is 0 Å². The summed E-state index contributed by atoms with van der Waals surface area (Å²) in [7, 11) is 2.15. The highest BCUT2D eigenvalue weighted by molar-refractivity contribution is 6.11. The van der Waals surface area contributed by atoms with E-state index >= 15 is 0 Å². The fraction of sp³-hybridized carbons (Fsp3) is 1.00. The highest BCUT2D eigenvalue weighted by Crippen LogP contribution is 2.41. The number of rotatable bonds is 0. The SMILES string of the molecule is BC1O[C@@]2(C)CC1CO[C@H]2C. The molecule has 2 saturated heterocycles. The van der Waals surface area contributed by atoms with E-state index in [-0.39, 0.29) is 11.7 Å². The first-order chi connectivity index (χ1) is 5.12. The van der Waals surface area contributed by atoms with Crippen LogP contribution in [0.3, 0.4) is 0 Å². The minimum atomic E-state index is 0.00231. The van der Waals surface area contributed by atoms with Crippen LogP contribution in [0.4, 0.5) is 0 Å². The van der Waals surface area contributed by atoms with Crippen LogP contribution in [-0.2, 0) is 9.47 Å². The number of ether oxygens (including phenoxy) is 2. The van der Waals surface area contributed by atoms with E-state index in [4.69, 9.17) is 9.47 Å². The average molecular weight is 154 g/mol. The molecule has 2 heterocycles. The highest BCUT2D eigenvalue weighted by atomic mass is 16.6. The third-order valence-electron chi connectivity index (χ3n) is 3.21. The standard InChI is InChI=1S/C8H15BO2/c1-5-8(2)3-6(4-10-5)7(9)11-8/h5-7H,3-4,9H2,1-2H3/t5-,6?,7?,8-/m0/s1. The minimum absolute atomic E-state index is 0.00231. The van der Waals surface area contributed by atoms with Crippen LogP contribution in [0.15, 0.2) is 0 Å². The summed E-state index contributed by atoms with van der Waals surface area (Å²) >= 11 is 0. The van der Waals surface area contributed by atoms with Crippen LogP contribution in [-0.4, -0.2) is 32.2 Å². The molecule has 0 aromatic rings. The van der Waals surface area contributed by atoms with E-state index in [0.29, 0.717) is 11.9 Å². The Morgan fingerprint density at radius 2 is 2.27 bits per heavy atom. The zero-order chi connectivity index (χ0) is 8.06. The van der Waals surface area contributed by atoms with E-state index in [1.54, 1.807) is 0 Å². The second-order valence-electron chi connectivity index (χ2n) is 4.08. The smallest absolute Gasteiger partial charge is 0.139 e. The Labute approximate surface area is 68.7 Å². The Balaban J connectivity index is 2.20. The molecule has 2 rings (SSSR count). The van der Waals surface area contributed by atoms with Gasteiger partial charge in [-0.3, -0.25) is 0 Å². The van der Waals surface area contributed by atoms with Crippen molar-refractivity contribution >= 4 is 7.85 Å². The molecule has 11 heavy (non-hydrogen) atoms. The summed E-state index contributed by atoms with van der Waals surface area (Å²) in [5.41, 5.74) is 0.00231. The van der Waals surface area contributed by atoms with Crippen LogP contribution in [0.5, 0.6) is 0 Å². The molecular formula is C8H15BO2. The summed E-state index contributed by atoms with van der Waals surface area (Å²) in [6.45, 7) is 5.15. The normalized spacial score (nSPS) is 56.4. The topological polar surface area (TPSA) is 18.5 Å². The van der Waals surface area contributed by atoms with Gasteiger partial charge in [-0.25, -0.2) is 0 Å². The second kappa shape index (κ2) is 2.24. The molecule has 0 spiro atoms. The lowest BCUT2D eigenvalue weighted by atomic mass is 9.82. The molecule has 0 aromatic heterocycles. The van der Waals surface area contributed by atoms with Gasteiger partial charge in [0.25, 0.3) is 0 Å². The molecule has 0 N–H and O–H groups in total. The van der Waals surface area contributed by atoms with Gasteiger partial charge in [-0.1, -0.05) is 0 Å². The Bertz CT molecular complexity index is 167. The quantitative estimate of drug-likeness (QED) is 0.462. The molecule has 0 amide bonds. The van der Waals surface area contributed by atoms with Gasteiger partial charge < -0.3 is 9.47 Å². The van der Waals surface area contributed by atoms with Gasteiger partial charge in [0.1, 0.15) is 7.85 Å². The number of hydrogen-bond donors (Lipinski definition) is 0. The van der Waals surface area contributed by atoms with Crippen LogP contribution in [0.25, 0.3) is 0 Å². The molecular weight excluding hydrogens is 139 g/mol. The first-order valence-electron chi connectivity index (χ1n) is 4.41. The summed E-state index contributed by atoms with van der Waals surface area (Å²) in [4.78, 5) is 0.